The van der Waals surface area contributed by atoms with Crippen LogP contribution in [0.5, 0.6) is 5.75 Å². The number of anilines is 1. The van der Waals surface area contributed by atoms with Crippen molar-refractivity contribution in [1.82, 2.24) is 14.7 Å². The number of rotatable bonds is 5. The second-order valence-corrected chi connectivity index (χ2v) is 5.69. The first-order valence-electron chi connectivity index (χ1n) is 7.87. The van der Waals surface area contributed by atoms with E-state index in [1.54, 1.807) is 43.6 Å². The Morgan fingerprint density at radius 1 is 1.24 bits per heavy atom. The van der Waals surface area contributed by atoms with Crippen molar-refractivity contribution >= 4 is 17.4 Å². The first kappa shape index (κ1) is 16.8. The predicted octanol–water partition coefficient (Wildman–Crippen LogP) is 2.51. The molecule has 25 heavy (non-hydrogen) atoms. The van der Waals surface area contributed by atoms with E-state index in [2.05, 4.69) is 15.6 Å². The Morgan fingerprint density at radius 2 is 2.00 bits per heavy atom. The Labute approximate surface area is 145 Å². The molecular formula is C18H20N4O3. The Hall–Kier alpha value is -3.06. The molecule has 7 heteroatoms. The van der Waals surface area contributed by atoms with Gasteiger partial charge in [0.25, 0.3) is 0 Å². The number of carbonyl (C=O) groups is 1. The summed E-state index contributed by atoms with van der Waals surface area (Å²) < 4.78 is 6.92. The van der Waals surface area contributed by atoms with E-state index in [1.165, 1.54) is 0 Å². The molecule has 7 nitrogen and oxygen atoms in total. The number of carbonyl (C=O) groups excluding carboxylic acids is 1. The number of aliphatic hydroxyl groups is 1. The summed E-state index contributed by atoms with van der Waals surface area (Å²) in [5, 5.41) is 15.5. The number of methoxy groups -OCH3 is 1. The van der Waals surface area contributed by atoms with Gasteiger partial charge in [-0.2, -0.15) is 0 Å². The first-order chi connectivity index (χ1) is 12.0. The number of ether oxygens (including phenoxy) is 1. The van der Waals surface area contributed by atoms with Crippen LogP contribution in [0.4, 0.5) is 10.5 Å². The third-order valence-electron chi connectivity index (χ3n) is 3.79. The van der Waals surface area contributed by atoms with Gasteiger partial charge in [-0.05, 0) is 36.8 Å². The number of nitrogens with one attached hydrogen (secondary N) is 2. The highest BCUT2D eigenvalue weighted by Crippen LogP contribution is 2.17. The highest BCUT2D eigenvalue weighted by molar-refractivity contribution is 5.89. The number of pyridine rings is 1. The highest BCUT2D eigenvalue weighted by Gasteiger charge is 2.10. The number of benzene rings is 1. The molecule has 1 unspecified atom stereocenters. The second-order valence-electron chi connectivity index (χ2n) is 5.69. The lowest BCUT2D eigenvalue weighted by molar-refractivity contribution is 0.175. The van der Waals surface area contributed by atoms with Gasteiger partial charge in [-0.1, -0.05) is 12.1 Å². The maximum atomic E-state index is 12.0. The van der Waals surface area contributed by atoms with Gasteiger partial charge in [0, 0.05) is 18.9 Å². The number of amides is 2. The van der Waals surface area contributed by atoms with Crippen molar-refractivity contribution in [1.29, 1.82) is 0 Å². The molecule has 0 saturated carbocycles. The molecule has 0 fully saturated rings. The van der Waals surface area contributed by atoms with Gasteiger partial charge in [-0.15, -0.1) is 0 Å². The molecule has 130 valence electrons. The maximum absolute atomic E-state index is 12.0. The second kappa shape index (κ2) is 7.23. The van der Waals surface area contributed by atoms with Crippen molar-refractivity contribution in [3.8, 4) is 5.75 Å². The van der Waals surface area contributed by atoms with E-state index in [0.29, 0.717) is 17.0 Å². The zero-order valence-electron chi connectivity index (χ0n) is 14.1. The van der Waals surface area contributed by atoms with Crippen molar-refractivity contribution in [3.05, 3.63) is 60.0 Å². The fourth-order valence-corrected chi connectivity index (χ4v) is 2.50. The van der Waals surface area contributed by atoms with Crippen LogP contribution in [-0.4, -0.2) is 34.2 Å². The molecule has 0 radical (unpaired) electrons. The lowest BCUT2D eigenvalue weighted by Crippen LogP contribution is -2.32. The van der Waals surface area contributed by atoms with Gasteiger partial charge in [-0.25, -0.2) is 9.78 Å². The summed E-state index contributed by atoms with van der Waals surface area (Å²) in [5.41, 5.74) is 3.07. The van der Waals surface area contributed by atoms with Crippen LogP contribution in [0.15, 0.2) is 48.8 Å². The normalized spacial score (nSPS) is 12.0. The highest BCUT2D eigenvalue weighted by atomic mass is 16.5. The lowest BCUT2D eigenvalue weighted by Gasteiger charge is -2.13. The van der Waals surface area contributed by atoms with E-state index in [9.17, 15) is 9.90 Å². The molecule has 0 bridgehead atoms. The molecule has 3 N–H and O–H groups in total. The van der Waals surface area contributed by atoms with E-state index >= 15 is 0 Å². The van der Waals surface area contributed by atoms with Gasteiger partial charge < -0.3 is 24.9 Å². The van der Waals surface area contributed by atoms with Gasteiger partial charge in [0.2, 0.25) is 0 Å². The summed E-state index contributed by atoms with van der Waals surface area (Å²) >= 11 is 0. The van der Waals surface area contributed by atoms with Crippen LogP contribution in [0, 0.1) is 6.92 Å². The summed E-state index contributed by atoms with van der Waals surface area (Å²) in [6, 6.07) is 10.3. The fraction of sp³-hybridized carbons (Fsp3) is 0.222. The molecule has 2 amide bonds. The Kier molecular flexibility index (Phi) is 4.85. The number of hydrogen-bond acceptors (Lipinski definition) is 4. The molecule has 0 spiro atoms. The Bertz CT molecular complexity index is 874. The minimum atomic E-state index is -0.796. The molecule has 2 aromatic heterocycles. The van der Waals surface area contributed by atoms with Crippen LogP contribution in [0.3, 0.4) is 0 Å². The molecule has 2 heterocycles. The van der Waals surface area contributed by atoms with Gasteiger partial charge in [0.1, 0.15) is 11.4 Å². The average molecular weight is 340 g/mol. The van der Waals surface area contributed by atoms with Crippen molar-refractivity contribution in [2.45, 2.75) is 13.0 Å². The number of urea groups is 1. The minimum absolute atomic E-state index is 0.102. The summed E-state index contributed by atoms with van der Waals surface area (Å²) in [7, 11) is 1.58. The number of aryl methyl sites for hydroxylation is 1. The van der Waals surface area contributed by atoms with Crippen LogP contribution in [0.2, 0.25) is 0 Å². The molecule has 3 aromatic rings. The zero-order chi connectivity index (χ0) is 17.8. The smallest absolute Gasteiger partial charge is 0.319 e. The van der Waals surface area contributed by atoms with Gasteiger partial charge in [0.15, 0.2) is 0 Å². The molecule has 0 saturated heterocycles. The van der Waals surface area contributed by atoms with Gasteiger partial charge in [-0.3, -0.25) is 0 Å². The zero-order valence-corrected chi connectivity index (χ0v) is 14.1. The minimum Gasteiger partial charge on any atom is -0.497 e. The van der Waals surface area contributed by atoms with Crippen molar-refractivity contribution < 1.29 is 14.6 Å². The molecule has 1 atom stereocenters. The number of aromatic nitrogens is 2. The molecular weight excluding hydrogens is 320 g/mol. The number of fused-ring (bicyclic) bond motifs is 1. The number of imidazole rings is 1. The van der Waals surface area contributed by atoms with Crippen LogP contribution in [-0.2, 0) is 0 Å². The summed E-state index contributed by atoms with van der Waals surface area (Å²) in [4.78, 5) is 16.3. The SMILES string of the molecule is COc1ccc(C(O)CNC(=O)Nc2ccc3nc(C)cn3c2)cc1. The number of hydrogen-bond donors (Lipinski definition) is 3. The monoisotopic (exact) mass is 340 g/mol. The third kappa shape index (κ3) is 4.07. The fourth-order valence-electron chi connectivity index (χ4n) is 2.50. The maximum Gasteiger partial charge on any atom is 0.319 e. The van der Waals surface area contributed by atoms with E-state index in [1.807, 2.05) is 23.6 Å². The van der Waals surface area contributed by atoms with Crippen LogP contribution in [0.1, 0.15) is 17.4 Å². The van der Waals surface area contributed by atoms with Crippen molar-refractivity contribution in [2.24, 2.45) is 0 Å². The lowest BCUT2D eigenvalue weighted by atomic mass is 10.1. The van der Waals surface area contributed by atoms with Gasteiger partial charge in [0.05, 0.1) is 24.6 Å². The Morgan fingerprint density at radius 3 is 2.72 bits per heavy atom. The van der Waals surface area contributed by atoms with E-state index < -0.39 is 6.10 Å². The predicted molar refractivity (Wildman–Crippen MR) is 94.9 cm³/mol. The third-order valence-corrected chi connectivity index (χ3v) is 3.79. The summed E-state index contributed by atoms with van der Waals surface area (Å²) in [5.74, 6) is 0.715. The summed E-state index contributed by atoms with van der Waals surface area (Å²) in [6.07, 6.45) is 2.87. The molecule has 0 aliphatic heterocycles. The van der Waals surface area contributed by atoms with E-state index in [-0.39, 0.29) is 12.6 Å². The van der Waals surface area contributed by atoms with Crippen LogP contribution in [0.25, 0.3) is 5.65 Å². The molecule has 0 aliphatic carbocycles. The first-order valence-corrected chi connectivity index (χ1v) is 7.87. The largest absolute Gasteiger partial charge is 0.497 e. The van der Waals surface area contributed by atoms with Crippen molar-refractivity contribution in [3.63, 3.8) is 0 Å². The van der Waals surface area contributed by atoms with Gasteiger partial charge >= 0.3 is 6.03 Å². The number of nitrogens with zero attached hydrogens (tertiary/aromatic N) is 2. The van der Waals surface area contributed by atoms with Crippen LogP contribution < -0.4 is 15.4 Å². The summed E-state index contributed by atoms with van der Waals surface area (Å²) in [6.45, 7) is 2.01. The van der Waals surface area contributed by atoms with E-state index in [4.69, 9.17) is 4.74 Å². The number of aliphatic hydroxyl groups excluding tert-OH is 1. The molecule has 1 aromatic carbocycles. The average Bonchev–Trinajstić information content (AvgIpc) is 2.99. The quantitative estimate of drug-likeness (QED) is 0.666. The standard InChI is InChI=1S/C18H20N4O3/c1-12-10-22-11-14(5-8-17(22)20-12)21-18(24)19-9-16(23)13-3-6-15(25-2)7-4-13/h3-8,10-11,16,23H,9H2,1-2H3,(H2,19,21,24). The van der Waals surface area contributed by atoms with E-state index in [0.717, 1.165) is 11.3 Å². The molecule has 0 aliphatic rings. The van der Waals surface area contributed by atoms with Crippen LogP contribution >= 0.6 is 0 Å². The Balaban J connectivity index is 1.55. The molecule has 3 rings (SSSR count). The van der Waals surface area contributed by atoms with Crippen molar-refractivity contribution in [2.75, 3.05) is 19.0 Å². The topological polar surface area (TPSA) is 87.9 Å².